The van der Waals surface area contributed by atoms with Crippen LogP contribution in [0.2, 0.25) is 0 Å². The minimum atomic E-state index is 0.0330. The summed E-state index contributed by atoms with van der Waals surface area (Å²) in [5, 5.41) is 19.1. The van der Waals surface area contributed by atoms with Crippen LogP contribution in [-0.2, 0) is 4.74 Å². The molecule has 0 saturated carbocycles. The van der Waals surface area contributed by atoms with Crippen LogP contribution in [0.5, 0.6) is 5.75 Å². The highest BCUT2D eigenvalue weighted by molar-refractivity contribution is 5.71. The van der Waals surface area contributed by atoms with Crippen molar-refractivity contribution >= 4 is 11.6 Å². The molecule has 9 heteroatoms. The topological polar surface area (TPSA) is 112 Å². The molecule has 1 aliphatic heterocycles. The Labute approximate surface area is 168 Å². The number of methoxy groups -OCH3 is 1. The van der Waals surface area contributed by atoms with E-state index in [9.17, 15) is 0 Å². The minimum absolute atomic E-state index is 0.0330. The van der Waals surface area contributed by atoms with Crippen LogP contribution in [0.4, 0.5) is 11.6 Å². The maximum absolute atomic E-state index is 8.80. The fourth-order valence-corrected chi connectivity index (χ4v) is 3.22. The van der Waals surface area contributed by atoms with Gasteiger partial charge in [0.2, 0.25) is 0 Å². The number of benzene rings is 1. The van der Waals surface area contributed by atoms with E-state index in [0.29, 0.717) is 11.6 Å². The molecule has 9 nitrogen and oxygen atoms in total. The van der Waals surface area contributed by atoms with Gasteiger partial charge in [-0.25, -0.2) is 9.97 Å². The highest BCUT2D eigenvalue weighted by atomic mass is 16.5. The zero-order valence-corrected chi connectivity index (χ0v) is 16.2. The van der Waals surface area contributed by atoms with E-state index in [1.165, 1.54) is 12.4 Å². The Morgan fingerprint density at radius 2 is 2.17 bits per heavy atom. The molecule has 3 aromatic rings. The van der Waals surface area contributed by atoms with Crippen molar-refractivity contribution in [3.05, 3.63) is 47.9 Å². The molecule has 2 aromatic heterocycles. The summed E-state index contributed by atoms with van der Waals surface area (Å²) in [5.74, 6) is 1.83. The molecule has 0 spiro atoms. The van der Waals surface area contributed by atoms with Gasteiger partial charge in [0.25, 0.3) is 0 Å². The summed E-state index contributed by atoms with van der Waals surface area (Å²) in [6.45, 7) is 2.52. The summed E-state index contributed by atoms with van der Waals surface area (Å²) < 4.78 is 11.5. The maximum Gasteiger partial charge on any atom is 0.158 e. The van der Waals surface area contributed by atoms with Crippen molar-refractivity contribution in [1.29, 1.82) is 5.26 Å². The predicted molar refractivity (Wildman–Crippen MR) is 107 cm³/mol. The largest absolute Gasteiger partial charge is 0.496 e. The van der Waals surface area contributed by atoms with E-state index in [1.54, 1.807) is 7.11 Å². The predicted octanol–water partition coefficient (Wildman–Crippen LogP) is 2.49. The molecule has 29 heavy (non-hydrogen) atoms. The third-order valence-corrected chi connectivity index (χ3v) is 4.76. The zero-order chi connectivity index (χ0) is 20.2. The summed E-state index contributed by atoms with van der Waals surface area (Å²) in [7, 11) is 3.75. The zero-order valence-electron chi connectivity index (χ0n) is 16.2. The third-order valence-electron chi connectivity index (χ3n) is 4.76. The van der Waals surface area contributed by atoms with E-state index in [2.05, 4.69) is 43.5 Å². The molecule has 1 atom stereocenters. The van der Waals surface area contributed by atoms with Gasteiger partial charge >= 0.3 is 0 Å². The molecule has 0 unspecified atom stereocenters. The van der Waals surface area contributed by atoms with Crippen molar-refractivity contribution in [2.75, 3.05) is 39.2 Å². The maximum atomic E-state index is 8.80. The van der Waals surface area contributed by atoms with Crippen molar-refractivity contribution in [2.45, 2.75) is 6.10 Å². The number of aromatic nitrogens is 4. The third kappa shape index (κ3) is 4.18. The molecule has 1 aromatic carbocycles. The Kier molecular flexibility index (Phi) is 5.37. The van der Waals surface area contributed by atoms with Crippen molar-refractivity contribution < 1.29 is 9.47 Å². The molecule has 1 saturated heterocycles. The number of nitrogens with zero attached hydrogens (tertiary/aromatic N) is 5. The van der Waals surface area contributed by atoms with Crippen LogP contribution in [-0.4, -0.2) is 58.9 Å². The molecule has 3 heterocycles. The highest BCUT2D eigenvalue weighted by Crippen LogP contribution is 2.34. The van der Waals surface area contributed by atoms with Crippen LogP contribution in [0.25, 0.3) is 11.3 Å². The number of nitrogens with one attached hydrogen (secondary N) is 2. The van der Waals surface area contributed by atoms with Gasteiger partial charge < -0.3 is 19.7 Å². The van der Waals surface area contributed by atoms with Gasteiger partial charge in [0.1, 0.15) is 17.6 Å². The van der Waals surface area contributed by atoms with Crippen LogP contribution < -0.4 is 10.1 Å². The van der Waals surface area contributed by atoms with Crippen LogP contribution in [0.15, 0.2) is 36.7 Å². The number of hydrogen-bond acceptors (Lipinski definition) is 8. The molecular formula is C20H21N7O2. The molecule has 0 amide bonds. The van der Waals surface area contributed by atoms with Crippen molar-refractivity contribution in [2.24, 2.45) is 0 Å². The fraction of sp³-hybridized carbons (Fsp3) is 0.300. The van der Waals surface area contributed by atoms with E-state index in [1.807, 2.05) is 24.3 Å². The second kappa shape index (κ2) is 8.26. The number of anilines is 2. The lowest BCUT2D eigenvalue weighted by molar-refractivity contribution is -0.0209. The van der Waals surface area contributed by atoms with Gasteiger partial charge in [-0.05, 0) is 24.7 Å². The lowest BCUT2D eigenvalue weighted by atomic mass is 10.0. The fourth-order valence-electron chi connectivity index (χ4n) is 3.22. The second-order valence-corrected chi connectivity index (χ2v) is 6.77. The lowest BCUT2D eigenvalue weighted by Gasteiger charge is -2.30. The summed E-state index contributed by atoms with van der Waals surface area (Å²) in [4.78, 5) is 10.4. The standard InChI is InChI=1S/C20H21N7O2/c1-27-5-6-29-18(12-27)13-3-4-15(17(7-13)28-2)16-8-19(26-25-16)24-20-11-22-14(9-21)10-23-20/h3-4,7-8,10-11,18H,5-6,12H2,1-2H3,(H2,23,24,25,26)/t18-/m1/s1. The number of likely N-dealkylation sites (N-methyl/N-ethyl adjacent to an activating group) is 1. The van der Waals surface area contributed by atoms with Crippen LogP contribution >= 0.6 is 0 Å². The van der Waals surface area contributed by atoms with Crippen LogP contribution in [0.3, 0.4) is 0 Å². The van der Waals surface area contributed by atoms with E-state index >= 15 is 0 Å². The molecule has 148 valence electrons. The molecule has 0 bridgehead atoms. The molecular weight excluding hydrogens is 370 g/mol. The number of nitriles is 1. The van der Waals surface area contributed by atoms with Gasteiger partial charge in [0.05, 0.1) is 37.9 Å². The van der Waals surface area contributed by atoms with E-state index in [0.717, 1.165) is 42.3 Å². The summed E-state index contributed by atoms with van der Waals surface area (Å²) in [6.07, 6.45) is 2.93. The van der Waals surface area contributed by atoms with E-state index in [-0.39, 0.29) is 11.8 Å². The Bertz CT molecular complexity index is 1030. The average Bonchev–Trinajstić information content (AvgIpc) is 3.22. The van der Waals surface area contributed by atoms with Crippen molar-refractivity contribution in [1.82, 2.24) is 25.1 Å². The molecule has 0 radical (unpaired) electrons. The lowest BCUT2D eigenvalue weighted by Crippen LogP contribution is -2.35. The van der Waals surface area contributed by atoms with Gasteiger partial charge in [-0.3, -0.25) is 5.10 Å². The van der Waals surface area contributed by atoms with E-state index < -0.39 is 0 Å². The van der Waals surface area contributed by atoms with Gasteiger partial charge in [-0.15, -0.1) is 0 Å². The second-order valence-electron chi connectivity index (χ2n) is 6.77. The number of rotatable bonds is 5. The molecule has 1 aliphatic rings. The molecule has 4 rings (SSSR count). The normalized spacial score (nSPS) is 16.9. The Balaban J connectivity index is 1.54. The average molecular weight is 391 g/mol. The molecule has 2 N–H and O–H groups in total. The summed E-state index contributed by atoms with van der Waals surface area (Å²) >= 11 is 0. The van der Waals surface area contributed by atoms with Crippen molar-refractivity contribution in [3.8, 4) is 23.1 Å². The summed E-state index contributed by atoms with van der Waals surface area (Å²) in [5.41, 5.74) is 3.05. The number of hydrogen-bond donors (Lipinski definition) is 2. The quantitative estimate of drug-likeness (QED) is 0.682. The van der Waals surface area contributed by atoms with E-state index in [4.69, 9.17) is 14.7 Å². The van der Waals surface area contributed by atoms with Gasteiger partial charge in [0.15, 0.2) is 11.5 Å². The first-order valence-corrected chi connectivity index (χ1v) is 9.19. The number of aromatic amines is 1. The first-order valence-electron chi connectivity index (χ1n) is 9.19. The number of H-pyrrole nitrogens is 1. The Morgan fingerprint density at radius 3 is 2.90 bits per heavy atom. The summed E-state index contributed by atoms with van der Waals surface area (Å²) in [6, 6.07) is 9.88. The molecule has 1 fully saturated rings. The van der Waals surface area contributed by atoms with Crippen LogP contribution in [0, 0.1) is 11.3 Å². The van der Waals surface area contributed by atoms with Gasteiger partial charge in [0, 0.05) is 24.7 Å². The first-order chi connectivity index (χ1) is 14.2. The monoisotopic (exact) mass is 391 g/mol. The number of ether oxygens (including phenoxy) is 2. The van der Waals surface area contributed by atoms with Gasteiger partial charge in [-0.2, -0.15) is 10.4 Å². The smallest absolute Gasteiger partial charge is 0.158 e. The highest BCUT2D eigenvalue weighted by Gasteiger charge is 2.21. The first kappa shape index (κ1) is 18.9. The van der Waals surface area contributed by atoms with Crippen molar-refractivity contribution in [3.63, 3.8) is 0 Å². The minimum Gasteiger partial charge on any atom is -0.496 e. The Hall–Kier alpha value is -3.48. The Morgan fingerprint density at radius 1 is 1.28 bits per heavy atom. The van der Waals surface area contributed by atoms with Crippen LogP contribution in [0.1, 0.15) is 17.4 Å². The number of morpholine rings is 1. The van der Waals surface area contributed by atoms with Gasteiger partial charge in [-0.1, -0.05) is 6.07 Å². The SMILES string of the molecule is COc1cc([C@H]2CN(C)CCO2)ccc1-c1cc(Nc2cnc(C#N)cn2)n[nH]1. The molecule has 0 aliphatic carbocycles.